The van der Waals surface area contributed by atoms with Gasteiger partial charge in [-0.2, -0.15) is 5.10 Å². The molecule has 3 N–H and O–H groups in total. The Kier molecular flexibility index (Phi) is 6.77. The molecule has 1 aliphatic rings. The molecule has 3 rings (SSSR count). The molecule has 1 heterocycles. The van der Waals surface area contributed by atoms with E-state index in [9.17, 15) is 8.78 Å². The van der Waals surface area contributed by atoms with Gasteiger partial charge in [-0.1, -0.05) is 29.8 Å². The summed E-state index contributed by atoms with van der Waals surface area (Å²) in [5.74, 6) is -1.84. The summed E-state index contributed by atoms with van der Waals surface area (Å²) >= 11 is 10.8. The molecule has 1 aliphatic heterocycles. The highest BCUT2D eigenvalue weighted by Crippen LogP contribution is 2.25. The van der Waals surface area contributed by atoms with Crippen molar-refractivity contribution in [2.24, 2.45) is 10.8 Å². The Bertz CT molecular complexity index is 885. The second kappa shape index (κ2) is 9.27. The van der Waals surface area contributed by atoms with E-state index in [-0.39, 0.29) is 16.4 Å². The molecule has 148 valence electrons. The average Bonchev–Trinajstić information content (AvgIpc) is 2.68. The molecule has 2 aromatic rings. The van der Waals surface area contributed by atoms with Gasteiger partial charge in [0.05, 0.1) is 11.9 Å². The maximum atomic E-state index is 14.5. The van der Waals surface area contributed by atoms with Crippen molar-refractivity contribution in [1.82, 2.24) is 10.3 Å². The molecule has 0 aromatic heterocycles. The molecule has 0 unspecified atom stereocenters. The van der Waals surface area contributed by atoms with E-state index in [0.29, 0.717) is 13.1 Å². The number of rotatable bonds is 5. The van der Waals surface area contributed by atoms with Crippen LogP contribution in [0.15, 0.2) is 41.5 Å². The van der Waals surface area contributed by atoms with Crippen molar-refractivity contribution in [3.63, 3.8) is 0 Å². The van der Waals surface area contributed by atoms with Gasteiger partial charge >= 0.3 is 0 Å². The molecule has 1 saturated heterocycles. The van der Waals surface area contributed by atoms with Crippen molar-refractivity contribution < 1.29 is 8.78 Å². The average molecular weight is 424 g/mol. The third kappa shape index (κ3) is 4.95. The Morgan fingerprint density at radius 1 is 1.14 bits per heavy atom. The van der Waals surface area contributed by atoms with E-state index in [2.05, 4.69) is 27.6 Å². The highest BCUT2D eigenvalue weighted by molar-refractivity contribution is 7.80. The number of nitrogens with one attached hydrogen (secondary N) is 1. The fourth-order valence-electron chi connectivity index (χ4n) is 3.08. The number of thiocarbonyl (C=S) groups is 1. The molecule has 0 saturated carbocycles. The van der Waals surface area contributed by atoms with E-state index in [1.807, 2.05) is 29.2 Å². The third-order valence-electron chi connectivity index (χ3n) is 4.53. The fourth-order valence-corrected chi connectivity index (χ4v) is 3.33. The first-order valence-electron chi connectivity index (χ1n) is 8.73. The van der Waals surface area contributed by atoms with Crippen LogP contribution in [0.1, 0.15) is 11.1 Å². The van der Waals surface area contributed by atoms with Gasteiger partial charge in [0.2, 0.25) is 0 Å². The predicted octanol–water partition coefficient (Wildman–Crippen LogP) is 3.11. The van der Waals surface area contributed by atoms with E-state index >= 15 is 0 Å². The first-order chi connectivity index (χ1) is 13.5. The summed E-state index contributed by atoms with van der Waals surface area (Å²) in [7, 11) is 0. The number of nitrogens with two attached hydrogens (primary N) is 1. The molecule has 0 atom stereocenters. The van der Waals surface area contributed by atoms with Crippen molar-refractivity contribution in [2.45, 2.75) is 6.54 Å². The van der Waals surface area contributed by atoms with Gasteiger partial charge in [0.15, 0.2) is 16.7 Å². The summed E-state index contributed by atoms with van der Waals surface area (Å²) in [5, 5.41) is 4.35. The molecule has 1 fully saturated rings. The fraction of sp³-hybridized carbons (Fsp3) is 0.263. The lowest BCUT2D eigenvalue weighted by Crippen LogP contribution is -2.46. The minimum Gasteiger partial charge on any atom is -0.375 e. The minimum absolute atomic E-state index is 0.0161. The number of hydrazone groups is 1. The van der Waals surface area contributed by atoms with Crippen LogP contribution in [0.3, 0.4) is 0 Å². The standard InChI is InChI=1S/C19H20ClF2N5S/c20-15-4-2-1-3-14(15)12-26-7-9-27(10-8-26)16-6-5-13(17(21)18(16)22)11-24-25-19(23)28/h1-6,11H,7-10,12H2,(H3,23,25,28)/b24-11+. The van der Waals surface area contributed by atoms with Gasteiger partial charge in [-0.3, -0.25) is 10.3 Å². The summed E-state index contributed by atoms with van der Waals surface area (Å²) in [6.07, 6.45) is 1.14. The smallest absolute Gasteiger partial charge is 0.184 e. The van der Waals surface area contributed by atoms with Crippen molar-refractivity contribution in [3.8, 4) is 0 Å². The van der Waals surface area contributed by atoms with Crippen LogP contribution in [-0.4, -0.2) is 42.4 Å². The molecule has 0 spiro atoms. The van der Waals surface area contributed by atoms with Crippen LogP contribution in [0.5, 0.6) is 0 Å². The summed E-state index contributed by atoms with van der Waals surface area (Å²) in [5.41, 5.74) is 8.87. The quantitative estimate of drug-likeness (QED) is 0.439. The summed E-state index contributed by atoms with van der Waals surface area (Å²) in [6, 6.07) is 10.8. The van der Waals surface area contributed by atoms with Crippen molar-refractivity contribution in [3.05, 3.63) is 64.2 Å². The van der Waals surface area contributed by atoms with Crippen LogP contribution in [-0.2, 0) is 6.54 Å². The van der Waals surface area contributed by atoms with Crippen LogP contribution >= 0.6 is 23.8 Å². The van der Waals surface area contributed by atoms with E-state index in [1.165, 1.54) is 6.07 Å². The molecule has 0 aliphatic carbocycles. The minimum atomic E-state index is -0.954. The number of hydrogen-bond donors (Lipinski definition) is 2. The number of hydrogen-bond acceptors (Lipinski definition) is 4. The highest BCUT2D eigenvalue weighted by Gasteiger charge is 2.22. The monoisotopic (exact) mass is 423 g/mol. The van der Waals surface area contributed by atoms with E-state index in [4.69, 9.17) is 17.3 Å². The van der Waals surface area contributed by atoms with E-state index < -0.39 is 11.6 Å². The molecule has 0 bridgehead atoms. The highest BCUT2D eigenvalue weighted by atomic mass is 35.5. The normalized spacial score (nSPS) is 15.2. The molecule has 2 aromatic carbocycles. The van der Waals surface area contributed by atoms with Gasteiger partial charge in [0.25, 0.3) is 0 Å². The Labute approximate surface area is 172 Å². The van der Waals surface area contributed by atoms with E-state index in [0.717, 1.165) is 36.4 Å². The Morgan fingerprint density at radius 3 is 2.54 bits per heavy atom. The van der Waals surface area contributed by atoms with Crippen molar-refractivity contribution >= 4 is 40.8 Å². The van der Waals surface area contributed by atoms with E-state index in [1.54, 1.807) is 6.07 Å². The van der Waals surface area contributed by atoms with Gasteiger partial charge in [0.1, 0.15) is 0 Å². The van der Waals surface area contributed by atoms with Crippen molar-refractivity contribution in [2.75, 3.05) is 31.1 Å². The Morgan fingerprint density at radius 2 is 1.86 bits per heavy atom. The lowest BCUT2D eigenvalue weighted by atomic mass is 10.1. The lowest BCUT2D eigenvalue weighted by molar-refractivity contribution is 0.249. The zero-order valence-electron chi connectivity index (χ0n) is 15.0. The summed E-state index contributed by atoms with van der Waals surface area (Å²) < 4.78 is 28.9. The topological polar surface area (TPSA) is 56.9 Å². The molecular weight excluding hydrogens is 404 g/mol. The maximum Gasteiger partial charge on any atom is 0.184 e. The van der Waals surface area contributed by atoms with Crippen LogP contribution in [0.4, 0.5) is 14.5 Å². The van der Waals surface area contributed by atoms with Gasteiger partial charge in [-0.15, -0.1) is 0 Å². The first-order valence-corrected chi connectivity index (χ1v) is 9.51. The van der Waals surface area contributed by atoms with Crippen LogP contribution < -0.4 is 16.1 Å². The third-order valence-corrected chi connectivity index (χ3v) is 4.99. The number of anilines is 1. The van der Waals surface area contributed by atoms with Crippen LogP contribution in [0, 0.1) is 11.6 Å². The maximum absolute atomic E-state index is 14.5. The largest absolute Gasteiger partial charge is 0.375 e. The molecule has 9 heteroatoms. The van der Waals surface area contributed by atoms with Crippen molar-refractivity contribution in [1.29, 1.82) is 0 Å². The van der Waals surface area contributed by atoms with Gasteiger partial charge in [-0.05, 0) is 36.0 Å². The molecule has 0 amide bonds. The number of nitrogens with zero attached hydrogens (tertiary/aromatic N) is 3. The second-order valence-corrected chi connectivity index (χ2v) is 7.24. The summed E-state index contributed by atoms with van der Waals surface area (Å²) in [6.45, 7) is 3.38. The summed E-state index contributed by atoms with van der Waals surface area (Å²) in [4.78, 5) is 4.09. The van der Waals surface area contributed by atoms with Crippen LogP contribution in [0.25, 0.3) is 0 Å². The van der Waals surface area contributed by atoms with Crippen LogP contribution in [0.2, 0.25) is 5.02 Å². The lowest BCUT2D eigenvalue weighted by Gasteiger charge is -2.36. The Hall–Kier alpha value is -2.29. The predicted molar refractivity (Wildman–Crippen MR) is 113 cm³/mol. The molecular formula is C19H20ClF2N5S. The van der Waals surface area contributed by atoms with Gasteiger partial charge < -0.3 is 10.6 Å². The number of piperazine rings is 1. The SMILES string of the molecule is NC(=S)N/N=C/c1ccc(N2CCN(Cc3ccccc3Cl)CC2)c(F)c1F. The Balaban J connectivity index is 1.64. The number of halogens is 3. The number of benzene rings is 2. The van der Waals surface area contributed by atoms with Gasteiger partial charge in [-0.25, -0.2) is 8.78 Å². The zero-order chi connectivity index (χ0) is 20.1. The second-order valence-electron chi connectivity index (χ2n) is 6.39. The molecule has 28 heavy (non-hydrogen) atoms. The molecule has 0 radical (unpaired) electrons. The van der Waals surface area contributed by atoms with Gasteiger partial charge in [0, 0.05) is 43.3 Å². The zero-order valence-corrected chi connectivity index (χ0v) is 16.6. The molecule has 5 nitrogen and oxygen atoms in total. The first kappa shape index (κ1) is 20.4.